The van der Waals surface area contributed by atoms with Crippen LogP contribution in [0, 0.1) is 0 Å². The molecule has 5 heteroatoms. The van der Waals surface area contributed by atoms with Crippen LogP contribution in [0.15, 0.2) is 18.2 Å². The monoisotopic (exact) mass is 312 g/mol. The van der Waals surface area contributed by atoms with Gasteiger partial charge in [0.15, 0.2) is 0 Å². The van der Waals surface area contributed by atoms with E-state index in [1.807, 2.05) is 0 Å². The lowest BCUT2D eigenvalue weighted by Gasteiger charge is -2.10. The summed E-state index contributed by atoms with van der Waals surface area (Å²) in [6.45, 7) is -2.79. The Morgan fingerprint density at radius 1 is 1.31 bits per heavy atom. The van der Waals surface area contributed by atoms with Crippen LogP contribution in [0.5, 0.6) is 5.75 Å². The molecule has 0 radical (unpaired) electrons. The van der Waals surface area contributed by atoms with Crippen LogP contribution in [-0.4, -0.2) is 11.9 Å². The number of alkyl halides is 4. The summed E-state index contributed by atoms with van der Waals surface area (Å²) in [6.07, 6.45) is 1.73. The van der Waals surface area contributed by atoms with Gasteiger partial charge in [0.1, 0.15) is 5.75 Å². The average molecular weight is 314 g/mol. The van der Waals surface area contributed by atoms with Gasteiger partial charge in [0, 0.05) is 11.2 Å². The quantitative estimate of drug-likeness (QED) is 0.709. The van der Waals surface area contributed by atoms with Crippen molar-refractivity contribution in [3.05, 3.63) is 29.3 Å². The molecule has 0 aliphatic heterocycles. The Morgan fingerprint density at radius 2 is 2.06 bits per heavy atom. The summed E-state index contributed by atoms with van der Waals surface area (Å²) in [6, 6.07) is 4.88. The minimum absolute atomic E-state index is 0.188. The summed E-state index contributed by atoms with van der Waals surface area (Å²) in [7, 11) is 0. The van der Waals surface area contributed by atoms with Crippen molar-refractivity contribution >= 4 is 27.5 Å². The highest BCUT2D eigenvalue weighted by molar-refractivity contribution is 9.09. The highest BCUT2D eigenvalue weighted by atomic mass is 79.9. The minimum Gasteiger partial charge on any atom is -0.435 e. The van der Waals surface area contributed by atoms with Crippen LogP contribution in [0.4, 0.5) is 8.78 Å². The zero-order chi connectivity index (χ0) is 12.0. The maximum Gasteiger partial charge on any atom is 0.387 e. The third kappa shape index (κ3) is 4.26. The van der Waals surface area contributed by atoms with Crippen LogP contribution < -0.4 is 4.74 Å². The predicted molar refractivity (Wildman–Crippen MR) is 64.7 cm³/mol. The minimum atomic E-state index is -2.79. The molecule has 1 aromatic rings. The van der Waals surface area contributed by atoms with E-state index in [9.17, 15) is 8.78 Å². The molecule has 1 rings (SSSR count). The Kier molecular flexibility index (Phi) is 6.06. The van der Waals surface area contributed by atoms with E-state index in [1.165, 1.54) is 6.07 Å². The van der Waals surface area contributed by atoms with E-state index in [4.69, 9.17) is 11.6 Å². The van der Waals surface area contributed by atoms with Gasteiger partial charge in [-0.15, -0.1) is 11.6 Å². The van der Waals surface area contributed by atoms with Gasteiger partial charge in [0.05, 0.1) is 0 Å². The third-order valence-corrected chi connectivity index (χ3v) is 2.98. The van der Waals surface area contributed by atoms with Gasteiger partial charge in [-0.05, 0) is 36.1 Å². The molecule has 0 bridgehead atoms. The molecule has 90 valence electrons. The largest absolute Gasteiger partial charge is 0.435 e. The molecule has 0 heterocycles. The lowest BCUT2D eigenvalue weighted by atomic mass is 10.0. The van der Waals surface area contributed by atoms with E-state index in [2.05, 4.69) is 20.7 Å². The second-order valence-electron chi connectivity index (χ2n) is 3.24. The van der Waals surface area contributed by atoms with Gasteiger partial charge in [-0.2, -0.15) is 8.78 Å². The molecule has 1 nitrogen and oxygen atoms in total. The smallest absolute Gasteiger partial charge is 0.387 e. The van der Waals surface area contributed by atoms with Crippen molar-refractivity contribution in [2.24, 2.45) is 0 Å². The second-order valence-corrected chi connectivity index (χ2v) is 4.30. The zero-order valence-corrected chi connectivity index (χ0v) is 10.9. The number of ether oxygens (including phenoxy) is 1. The topological polar surface area (TPSA) is 9.23 Å². The SMILES string of the molecule is FC(F)Oc1ccc(CCl)c(CCCBr)c1. The molecule has 0 fully saturated rings. The van der Waals surface area contributed by atoms with Crippen molar-refractivity contribution in [2.75, 3.05) is 5.33 Å². The average Bonchev–Trinajstić information content (AvgIpc) is 2.25. The molecule has 0 unspecified atom stereocenters. The summed E-state index contributed by atoms with van der Waals surface area (Å²) in [5.74, 6) is 0.570. The van der Waals surface area contributed by atoms with E-state index in [0.29, 0.717) is 5.88 Å². The van der Waals surface area contributed by atoms with Crippen molar-refractivity contribution in [3.63, 3.8) is 0 Å². The first kappa shape index (κ1) is 13.7. The van der Waals surface area contributed by atoms with E-state index in [0.717, 1.165) is 29.3 Å². The van der Waals surface area contributed by atoms with E-state index < -0.39 is 6.61 Å². The third-order valence-electron chi connectivity index (χ3n) is 2.13. The molecule has 0 atom stereocenters. The first-order chi connectivity index (χ1) is 7.67. The molecule has 16 heavy (non-hydrogen) atoms. The normalized spacial score (nSPS) is 10.8. The number of aryl methyl sites for hydroxylation is 1. The number of hydrogen-bond donors (Lipinski definition) is 0. The number of hydrogen-bond acceptors (Lipinski definition) is 1. The van der Waals surface area contributed by atoms with Crippen molar-refractivity contribution < 1.29 is 13.5 Å². The molecule has 0 amide bonds. The molecule has 0 aliphatic carbocycles. The van der Waals surface area contributed by atoms with Crippen molar-refractivity contribution in [1.82, 2.24) is 0 Å². The Balaban J connectivity index is 2.83. The lowest BCUT2D eigenvalue weighted by molar-refractivity contribution is -0.0498. The van der Waals surface area contributed by atoms with Crippen LogP contribution in [0.2, 0.25) is 0 Å². The van der Waals surface area contributed by atoms with Crippen LogP contribution in [0.1, 0.15) is 17.5 Å². The predicted octanol–water partition coefficient (Wildman–Crippen LogP) is 4.35. The van der Waals surface area contributed by atoms with Crippen LogP contribution in [-0.2, 0) is 12.3 Å². The molecule has 0 spiro atoms. The Bertz CT molecular complexity index is 334. The number of halogens is 4. The van der Waals surface area contributed by atoms with E-state index in [1.54, 1.807) is 12.1 Å². The highest BCUT2D eigenvalue weighted by Gasteiger charge is 2.07. The second kappa shape index (κ2) is 7.07. The van der Waals surface area contributed by atoms with Gasteiger partial charge >= 0.3 is 6.61 Å². The number of rotatable bonds is 6. The molecule has 0 saturated carbocycles. The number of benzene rings is 1. The highest BCUT2D eigenvalue weighted by Crippen LogP contribution is 2.22. The molecule has 0 N–H and O–H groups in total. The fourth-order valence-electron chi connectivity index (χ4n) is 1.40. The Labute approximate surface area is 107 Å². The van der Waals surface area contributed by atoms with E-state index in [-0.39, 0.29) is 5.75 Å². The molecule has 0 aromatic heterocycles. The van der Waals surface area contributed by atoms with Gasteiger partial charge < -0.3 is 4.74 Å². The Morgan fingerprint density at radius 3 is 2.62 bits per heavy atom. The van der Waals surface area contributed by atoms with Gasteiger partial charge in [0.2, 0.25) is 0 Å². The first-order valence-electron chi connectivity index (χ1n) is 4.86. The van der Waals surface area contributed by atoms with Gasteiger partial charge in [-0.3, -0.25) is 0 Å². The Hall–Kier alpha value is -0.350. The maximum absolute atomic E-state index is 12.0. The lowest BCUT2D eigenvalue weighted by Crippen LogP contribution is -2.03. The van der Waals surface area contributed by atoms with Crippen molar-refractivity contribution in [1.29, 1.82) is 0 Å². The first-order valence-corrected chi connectivity index (χ1v) is 6.51. The summed E-state index contributed by atoms with van der Waals surface area (Å²) >= 11 is 9.10. The van der Waals surface area contributed by atoms with Crippen LogP contribution >= 0.6 is 27.5 Å². The van der Waals surface area contributed by atoms with Gasteiger partial charge in [-0.25, -0.2) is 0 Å². The molecular weight excluding hydrogens is 301 g/mol. The maximum atomic E-state index is 12.0. The summed E-state index contributed by atoms with van der Waals surface area (Å²) in [5.41, 5.74) is 1.93. The molecule has 0 saturated heterocycles. The van der Waals surface area contributed by atoms with Crippen molar-refractivity contribution in [2.45, 2.75) is 25.3 Å². The summed E-state index contributed by atoms with van der Waals surface area (Å²) < 4.78 is 28.4. The van der Waals surface area contributed by atoms with Crippen LogP contribution in [0.3, 0.4) is 0 Å². The van der Waals surface area contributed by atoms with Gasteiger partial charge in [0.25, 0.3) is 0 Å². The fourth-order valence-corrected chi connectivity index (χ4v) is 1.94. The molecule has 1 aromatic carbocycles. The van der Waals surface area contributed by atoms with Crippen molar-refractivity contribution in [3.8, 4) is 5.75 Å². The molecular formula is C11H12BrClF2O. The standard InChI is InChI=1S/C11H12BrClF2O/c12-5-1-2-8-6-10(16-11(14)15)4-3-9(8)7-13/h3-4,6,11H,1-2,5,7H2. The summed E-state index contributed by atoms with van der Waals surface area (Å²) in [4.78, 5) is 0. The van der Waals surface area contributed by atoms with E-state index >= 15 is 0 Å². The zero-order valence-electron chi connectivity index (χ0n) is 8.56. The van der Waals surface area contributed by atoms with Gasteiger partial charge in [-0.1, -0.05) is 22.0 Å². The molecule has 0 aliphatic rings. The van der Waals surface area contributed by atoms with Crippen LogP contribution in [0.25, 0.3) is 0 Å². The fraction of sp³-hybridized carbons (Fsp3) is 0.455. The summed E-state index contributed by atoms with van der Waals surface area (Å²) in [5, 5.41) is 0.870.